The minimum absolute atomic E-state index is 0.0278. The van der Waals surface area contributed by atoms with Gasteiger partial charge in [0.2, 0.25) is 15.9 Å². The third-order valence-electron chi connectivity index (χ3n) is 4.38. The first-order valence-corrected chi connectivity index (χ1v) is 11.0. The second kappa shape index (κ2) is 9.24. The molecule has 28 heavy (non-hydrogen) atoms. The second-order valence-electron chi connectivity index (χ2n) is 6.30. The number of hydrogen-bond donors (Lipinski definition) is 1. The number of morpholine rings is 1. The molecule has 0 aromatic heterocycles. The molecule has 1 heterocycles. The van der Waals surface area contributed by atoms with E-state index in [1.807, 2.05) is 18.2 Å². The van der Waals surface area contributed by atoms with Crippen LogP contribution in [0.5, 0.6) is 0 Å². The van der Waals surface area contributed by atoms with Crippen molar-refractivity contribution in [1.82, 2.24) is 4.31 Å². The third kappa shape index (κ3) is 5.04. The summed E-state index contributed by atoms with van der Waals surface area (Å²) < 4.78 is 32.2. The fraction of sp³-hybridized carbons (Fsp3) is 0.316. The van der Waals surface area contributed by atoms with Gasteiger partial charge in [0.25, 0.3) is 0 Å². The van der Waals surface area contributed by atoms with Crippen LogP contribution in [0.2, 0.25) is 10.0 Å². The molecule has 1 aliphatic heterocycles. The van der Waals surface area contributed by atoms with Crippen LogP contribution in [0.3, 0.4) is 0 Å². The number of carbonyl (C=O) groups is 1. The Balaban J connectivity index is 1.70. The smallest absolute Gasteiger partial charge is 0.244 e. The predicted octanol–water partition coefficient (Wildman–Crippen LogP) is 3.59. The number of carbonyl (C=O) groups excluding carboxylic acids is 1. The minimum Gasteiger partial charge on any atom is -0.379 e. The zero-order chi connectivity index (χ0) is 20.1. The van der Waals surface area contributed by atoms with Crippen LogP contribution in [0.1, 0.15) is 12.0 Å². The summed E-state index contributed by atoms with van der Waals surface area (Å²) in [6.45, 7) is 1.23. The molecule has 0 unspecified atom stereocenters. The number of nitrogens with zero attached hydrogens (tertiary/aromatic N) is 1. The summed E-state index contributed by atoms with van der Waals surface area (Å²) in [7, 11) is -3.76. The van der Waals surface area contributed by atoms with Crippen LogP contribution in [-0.2, 0) is 26.0 Å². The summed E-state index contributed by atoms with van der Waals surface area (Å²) in [6.07, 6.45) is 0.704. The second-order valence-corrected chi connectivity index (χ2v) is 9.02. The van der Waals surface area contributed by atoms with Gasteiger partial charge in [0.15, 0.2) is 0 Å². The molecular formula is C19H20Cl2N2O4S. The van der Waals surface area contributed by atoms with Crippen LogP contribution >= 0.6 is 23.2 Å². The fourth-order valence-electron chi connectivity index (χ4n) is 2.88. The average Bonchev–Trinajstić information content (AvgIpc) is 2.69. The third-order valence-corrected chi connectivity index (χ3v) is 7.13. The van der Waals surface area contributed by atoms with Gasteiger partial charge in [-0.15, -0.1) is 0 Å². The van der Waals surface area contributed by atoms with E-state index < -0.39 is 10.0 Å². The van der Waals surface area contributed by atoms with E-state index in [1.54, 1.807) is 12.1 Å². The number of amides is 1. The van der Waals surface area contributed by atoms with E-state index in [1.165, 1.54) is 16.4 Å². The maximum absolute atomic E-state index is 12.9. The Morgan fingerprint density at radius 2 is 1.79 bits per heavy atom. The molecule has 0 atom stereocenters. The highest BCUT2D eigenvalue weighted by Gasteiger charge is 2.28. The number of halogens is 2. The lowest BCUT2D eigenvalue weighted by atomic mass is 10.1. The average molecular weight is 443 g/mol. The van der Waals surface area contributed by atoms with Gasteiger partial charge in [-0.1, -0.05) is 41.4 Å². The van der Waals surface area contributed by atoms with E-state index in [-0.39, 0.29) is 35.3 Å². The Morgan fingerprint density at radius 3 is 2.50 bits per heavy atom. The fourth-order valence-corrected chi connectivity index (χ4v) is 5.02. The van der Waals surface area contributed by atoms with Crippen molar-refractivity contribution in [2.45, 2.75) is 17.7 Å². The van der Waals surface area contributed by atoms with Crippen LogP contribution < -0.4 is 5.32 Å². The van der Waals surface area contributed by atoms with E-state index in [0.717, 1.165) is 5.56 Å². The number of hydrogen-bond acceptors (Lipinski definition) is 4. The van der Waals surface area contributed by atoms with Gasteiger partial charge in [0.1, 0.15) is 4.90 Å². The van der Waals surface area contributed by atoms with Crippen molar-refractivity contribution in [1.29, 1.82) is 0 Å². The molecule has 0 spiro atoms. The van der Waals surface area contributed by atoms with Crippen LogP contribution in [-0.4, -0.2) is 44.9 Å². The Bertz CT molecular complexity index is 960. The van der Waals surface area contributed by atoms with E-state index in [9.17, 15) is 13.2 Å². The topological polar surface area (TPSA) is 75.7 Å². The molecule has 150 valence electrons. The molecule has 2 aromatic rings. The Kier molecular flexibility index (Phi) is 6.95. The first kappa shape index (κ1) is 21.1. The van der Waals surface area contributed by atoms with Crippen molar-refractivity contribution in [2.75, 3.05) is 31.6 Å². The Hall–Kier alpha value is -1.64. The van der Waals surface area contributed by atoms with Gasteiger partial charge >= 0.3 is 0 Å². The quantitative estimate of drug-likeness (QED) is 0.741. The highest BCUT2D eigenvalue weighted by atomic mass is 35.5. The van der Waals surface area contributed by atoms with Crippen LogP contribution in [0.4, 0.5) is 5.69 Å². The molecule has 0 aliphatic carbocycles. The largest absolute Gasteiger partial charge is 0.379 e. The predicted molar refractivity (Wildman–Crippen MR) is 109 cm³/mol. The molecule has 1 saturated heterocycles. The van der Waals surface area contributed by atoms with Crippen LogP contribution in [0.15, 0.2) is 47.4 Å². The molecule has 6 nitrogen and oxygen atoms in total. The molecule has 0 bridgehead atoms. The van der Waals surface area contributed by atoms with Gasteiger partial charge < -0.3 is 10.1 Å². The van der Waals surface area contributed by atoms with Gasteiger partial charge in [-0.2, -0.15) is 4.31 Å². The summed E-state index contributed by atoms with van der Waals surface area (Å²) in [4.78, 5) is 12.3. The summed E-state index contributed by atoms with van der Waals surface area (Å²) in [5.41, 5.74) is 1.26. The van der Waals surface area contributed by atoms with Crippen molar-refractivity contribution in [2.24, 2.45) is 0 Å². The zero-order valence-electron chi connectivity index (χ0n) is 15.0. The minimum atomic E-state index is -3.76. The molecular weight excluding hydrogens is 423 g/mol. The number of ether oxygens (including phenoxy) is 1. The SMILES string of the molecule is O=C(CCc1ccccc1Cl)Nc1ccc(Cl)c(S(=O)(=O)N2CCOCC2)c1. The van der Waals surface area contributed by atoms with Crippen molar-refractivity contribution in [3.8, 4) is 0 Å². The first-order valence-electron chi connectivity index (χ1n) is 8.78. The van der Waals surface area contributed by atoms with Crippen molar-refractivity contribution >= 4 is 44.8 Å². The number of benzene rings is 2. The van der Waals surface area contributed by atoms with Gasteiger partial charge in [-0.3, -0.25) is 4.79 Å². The normalized spacial score (nSPS) is 15.4. The summed E-state index contributed by atoms with van der Waals surface area (Å²) in [5.74, 6) is -0.239. The van der Waals surface area contributed by atoms with Gasteiger partial charge in [0.05, 0.1) is 18.2 Å². The summed E-state index contributed by atoms with van der Waals surface area (Å²) in [6, 6.07) is 11.8. The van der Waals surface area contributed by atoms with Crippen LogP contribution in [0.25, 0.3) is 0 Å². The molecule has 1 amide bonds. The molecule has 9 heteroatoms. The Morgan fingerprint density at radius 1 is 1.07 bits per heavy atom. The summed E-state index contributed by atoms with van der Waals surface area (Å²) in [5, 5.41) is 3.45. The van der Waals surface area contributed by atoms with E-state index >= 15 is 0 Å². The number of aryl methyl sites for hydroxylation is 1. The number of rotatable bonds is 6. The van der Waals surface area contributed by atoms with Crippen molar-refractivity contribution in [3.05, 3.63) is 58.1 Å². The van der Waals surface area contributed by atoms with Gasteiger partial charge in [-0.25, -0.2) is 8.42 Å². The maximum atomic E-state index is 12.9. The standard InChI is InChI=1S/C19H20Cl2N2O4S/c20-16-4-2-1-3-14(16)5-8-19(24)22-15-6-7-17(21)18(13-15)28(25,26)23-9-11-27-12-10-23/h1-4,6-7,13H,5,8-12H2,(H,22,24). The maximum Gasteiger partial charge on any atom is 0.244 e. The number of sulfonamides is 1. The first-order chi connectivity index (χ1) is 13.4. The molecule has 3 rings (SSSR count). The number of nitrogens with one attached hydrogen (secondary N) is 1. The van der Waals surface area contributed by atoms with Crippen molar-refractivity contribution < 1.29 is 17.9 Å². The van der Waals surface area contributed by atoms with Crippen LogP contribution in [0, 0.1) is 0 Å². The van der Waals surface area contributed by atoms with Gasteiger partial charge in [-0.05, 0) is 36.2 Å². The van der Waals surface area contributed by atoms with E-state index in [2.05, 4.69) is 5.32 Å². The monoisotopic (exact) mass is 442 g/mol. The molecule has 0 saturated carbocycles. The van der Waals surface area contributed by atoms with Gasteiger partial charge in [0, 0.05) is 30.2 Å². The highest BCUT2D eigenvalue weighted by Crippen LogP contribution is 2.28. The molecule has 2 aromatic carbocycles. The molecule has 1 fully saturated rings. The molecule has 1 aliphatic rings. The lowest BCUT2D eigenvalue weighted by Gasteiger charge is -2.26. The molecule has 1 N–H and O–H groups in total. The highest BCUT2D eigenvalue weighted by molar-refractivity contribution is 7.89. The summed E-state index contributed by atoms with van der Waals surface area (Å²) >= 11 is 12.2. The Labute approximate surface area is 174 Å². The van der Waals surface area contributed by atoms with E-state index in [0.29, 0.717) is 30.3 Å². The molecule has 0 radical (unpaired) electrons. The zero-order valence-corrected chi connectivity index (χ0v) is 17.4. The lowest BCUT2D eigenvalue weighted by molar-refractivity contribution is -0.116. The van der Waals surface area contributed by atoms with Crippen molar-refractivity contribution in [3.63, 3.8) is 0 Å². The number of anilines is 1. The lowest BCUT2D eigenvalue weighted by Crippen LogP contribution is -2.40. The van der Waals surface area contributed by atoms with E-state index in [4.69, 9.17) is 27.9 Å².